The summed E-state index contributed by atoms with van der Waals surface area (Å²) in [7, 11) is 3.35. The molecule has 0 aliphatic rings. The molecule has 0 spiro atoms. The third-order valence-electron chi connectivity index (χ3n) is 1.59. The van der Waals surface area contributed by atoms with Gasteiger partial charge in [0.05, 0.1) is 11.1 Å². The van der Waals surface area contributed by atoms with Crippen LogP contribution in [0.1, 0.15) is 10.5 Å². The van der Waals surface area contributed by atoms with Crippen LogP contribution in [0.15, 0.2) is 10.7 Å². The molecule has 5 nitrogen and oxygen atoms in total. The van der Waals surface area contributed by atoms with E-state index in [0.717, 1.165) is 0 Å². The molecule has 0 aliphatic heterocycles. The van der Waals surface area contributed by atoms with Gasteiger partial charge in [-0.25, -0.2) is 0 Å². The summed E-state index contributed by atoms with van der Waals surface area (Å²) in [6.45, 7) is 0.981. The molecule has 0 radical (unpaired) electrons. The molecule has 0 atom stereocenters. The van der Waals surface area contributed by atoms with Crippen molar-refractivity contribution in [1.29, 1.82) is 0 Å². The van der Waals surface area contributed by atoms with Crippen LogP contribution in [0.5, 0.6) is 0 Å². The van der Waals surface area contributed by atoms with E-state index in [0.29, 0.717) is 23.3 Å². The Morgan fingerprint density at radius 3 is 3.00 bits per heavy atom. The van der Waals surface area contributed by atoms with E-state index in [1.54, 1.807) is 25.0 Å². The molecule has 78 valence electrons. The monoisotopic (exact) mass is 261 g/mol. The van der Waals surface area contributed by atoms with Crippen molar-refractivity contribution >= 4 is 21.8 Å². The Hall–Kier alpha value is -0.880. The Morgan fingerprint density at radius 2 is 2.50 bits per heavy atom. The third-order valence-corrected chi connectivity index (χ3v) is 2.17. The quantitative estimate of drug-likeness (QED) is 0.806. The Kier molecular flexibility index (Phi) is 4.09. The maximum atomic E-state index is 11.5. The summed E-state index contributed by atoms with van der Waals surface area (Å²) < 4.78 is 7.08. The standard InChI is InChI=1S/C8H12BrN3O2/c1-12-5-6(9)7(11-12)8(13)10-3-4-14-2/h5H,3-4H2,1-2H3,(H,10,13). The van der Waals surface area contributed by atoms with Gasteiger partial charge in [-0.05, 0) is 15.9 Å². The van der Waals surface area contributed by atoms with Crippen LogP contribution in [0.2, 0.25) is 0 Å². The van der Waals surface area contributed by atoms with Crippen LogP contribution in [0.25, 0.3) is 0 Å². The normalized spacial score (nSPS) is 10.2. The third kappa shape index (κ3) is 2.81. The molecular formula is C8H12BrN3O2. The number of halogens is 1. The summed E-state index contributed by atoms with van der Waals surface area (Å²) in [6, 6.07) is 0. The fraction of sp³-hybridized carbons (Fsp3) is 0.500. The zero-order valence-electron chi connectivity index (χ0n) is 8.08. The maximum absolute atomic E-state index is 11.5. The highest BCUT2D eigenvalue weighted by Crippen LogP contribution is 2.13. The van der Waals surface area contributed by atoms with Crippen molar-refractivity contribution in [1.82, 2.24) is 15.1 Å². The number of carbonyl (C=O) groups excluding carboxylic acids is 1. The minimum absolute atomic E-state index is 0.200. The zero-order chi connectivity index (χ0) is 10.6. The summed E-state index contributed by atoms with van der Waals surface area (Å²) in [6.07, 6.45) is 1.73. The van der Waals surface area contributed by atoms with E-state index < -0.39 is 0 Å². The number of nitrogens with zero attached hydrogens (tertiary/aromatic N) is 2. The van der Waals surface area contributed by atoms with E-state index in [4.69, 9.17) is 4.74 Å². The minimum atomic E-state index is -0.200. The second kappa shape index (κ2) is 5.11. The Balaban J connectivity index is 2.56. The first kappa shape index (κ1) is 11.2. The molecule has 1 amide bonds. The van der Waals surface area contributed by atoms with Gasteiger partial charge in [0.25, 0.3) is 5.91 Å². The van der Waals surface area contributed by atoms with Gasteiger partial charge in [0.1, 0.15) is 0 Å². The summed E-state index contributed by atoms with van der Waals surface area (Å²) in [5.41, 5.74) is 0.392. The molecular weight excluding hydrogens is 250 g/mol. The predicted molar refractivity (Wildman–Crippen MR) is 55.1 cm³/mol. The Labute approximate surface area is 90.6 Å². The van der Waals surface area contributed by atoms with E-state index in [1.165, 1.54) is 0 Å². The van der Waals surface area contributed by atoms with Crippen molar-refractivity contribution in [2.24, 2.45) is 7.05 Å². The fourth-order valence-electron chi connectivity index (χ4n) is 0.964. The zero-order valence-corrected chi connectivity index (χ0v) is 9.67. The number of aryl methyl sites for hydroxylation is 1. The molecule has 1 aromatic rings. The van der Waals surface area contributed by atoms with Crippen molar-refractivity contribution < 1.29 is 9.53 Å². The van der Waals surface area contributed by atoms with Crippen LogP contribution in [0.4, 0.5) is 0 Å². The largest absolute Gasteiger partial charge is 0.383 e. The Bertz CT molecular complexity index is 324. The number of amides is 1. The highest BCUT2D eigenvalue weighted by molar-refractivity contribution is 9.10. The maximum Gasteiger partial charge on any atom is 0.273 e. The lowest BCUT2D eigenvalue weighted by molar-refractivity contribution is 0.0930. The van der Waals surface area contributed by atoms with Gasteiger partial charge in [-0.15, -0.1) is 0 Å². The number of hydrogen-bond acceptors (Lipinski definition) is 3. The van der Waals surface area contributed by atoms with Gasteiger partial charge >= 0.3 is 0 Å². The van der Waals surface area contributed by atoms with Crippen molar-refractivity contribution in [3.63, 3.8) is 0 Å². The van der Waals surface area contributed by atoms with E-state index in [2.05, 4.69) is 26.3 Å². The van der Waals surface area contributed by atoms with E-state index in [9.17, 15) is 4.79 Å². The SMILES string of the molecule is COCCNC(=O)c1nn(C)cc1Br. The summed E-state index contributed by atoms with van der Waals surface area (Å²) in [5.74, 6) is -0.200. The highest BCUT2D eigenvalue weighted by Gasteiger charge is 2.13. The van der Waals surface area contributed by atoms with E-state index in [-0.39, 0.29) is 5.91 Å². The molecule has 0 fully saturated rings. The summed E-state index contributed by atoms with van der Waals surface area (Å²) in [5, 5.41) is 6.69. The van der Waals surface area contributed by atoms with Gasteiger partial charge in [0.15, 0.2) is 5.69 Å². The van der Waals surface area contributed by atoms with E-state index in [1.807, 2.05) is 0 Å². The average molecular weight is 262 g/mol. The van der Waals surface area contributed by atoms with Crippen LogP contribution in [-0.4, -0.2) is 35.9 Å². The average Bonchev–Trinajstić information content (AvgIpc) is 2.45. The lowest BCUT2D eigenvalue weighted by Gasteiger charge is -2.01. The molecule has 6 heteroatoms. The fourth-order valence-corrected chi connectivity index (χ4v) is 1.52. The molecule has 0 aromatic carbocycles. The summed E-state index contributed by atoms with van der Waals surface area (Å²) >= 11 is 3.25. The first-order valence-electron chi connectivity index (χ1n) is 4.11. The highest BCUT2D eigenvalue weighted by atomic mass is 79.9. The number of carbonyl (C=O) groups is 1. The van der Waals surface area contributed by atoms with Gasteiger partial charge in [-0.2, -0.15) is 5.10 Å². The van der Waals surface area contributed by atoms with Crippen LogP contribution >= 0.6 is 15.9 Å². The topological polar surface area (TPSA) is 56.1 Å². The molecule has 14 heavy (non-hydrogen) atoms. The molecule has 0 unspecified atom stereocenters. The molecule has 0 saturated carbocycles. The smallest absolute Gasteiger partial charge is 0.273 e. The lowest BCUT2D eigenvalue weighted by atomic mass is 10.4. The first-order chi connectivity index (χ1) is 6.65. The first-order valence-corrected chi connectivity index (χ1v) is 4.90. The van der Waals surface area contributed by atoms with Crippen LogP contribution in [0, 0.1) is 0 Å². The van der Waals surface area contributed by atoms with Crippen molar-refractivity contribution in [3.8, 4) is 0 Å². The van der Waals surface area contributed by atoms with Gasteiger partial charge in [-0.1, -0.05) is 0 Å². The van der Waals surface area contributed by atoms with Gasteiger partial charge < -0.3 is 10.1 Å². The van der Waals surface area contributed by atoms with Crippen molar-refractivity contribution in [2.45, 2.75) is 0 Å². The lowest BCUT2D eigenvalue weighted by Crippen LogP contribution is -2.27. The Morgan fingerprint density at radius 1 is 1.79 bits per heavy atom. The number of rotatable bonds is 4. The number of methoxy groups -OCH3 is 1. The van der Waals surface area contributed by atoms with Crippen molar-refractivity contribution in [3.05, 3.63) is 16.4 Å². The number of hydrogen-bond donors (Lipinski definition) is 1. The summed E-state index contributed by atoms with van der Waals surface area (Å²) in [4.78, 5) is 11.5. The van der Waals surface area contributed by atoms with Gasteiger partial charge in [0.2, 0.25) is 0 Å². The second-order valence-corrected chi connectivity index (χ2v) is 3.60. The number of ether oxygens (including phenoxy) is 1. The van der Waals surface area contributed by atoms with Gasteiger partial charge in [0, 0.05) is 26.9 Å². The molecule has 1 heterocycles. The van der Waals surface area contributed by atoms with Crippen LogP contribution in [0.3, 0.4) is 0 Å². The molecule has 1 N–H and O–H groups in total. The van der Waals surface area contributed by atoms with Gasteiger partial charge in [-0.3, -0.25) is 9.48 Å². The number of nitrogens with one attached hydrogen (secondary N) is 1. The molecule has 0 saturated heterocycles. The molecule has 0 aliphatic carbocycles. The second-order valence-electron chi connectivity index (χ2n) is 2.75. The minimum Gasteiger partial charge on any atom is -0.383 e. The van der Waals surface area contributed by atoms with Crippen molar-refractivity contribution in [2.75, 3.05) is 20.3 Å². The number of aromatic nitrogens is 2. The van der Waals surface area contributed by atoms with E-state index >= 15 is 0 Å². The van der Waals surface area contributed by atoms with Crippen LogP contribution in [-0.2, 0) is 11.8 Å². The predicted octanol–water partition coefficient (Wildman–Crippen LogP) is 0.559. The molecule has 1 rings (SSSR count). The molecule has 1 aromatic heterocycles. The van der Waals surface area contributed by atoms with Crippen LogP contribution < -0.4 is 5.32 Å². The molecule has 0 bridgehead atoms.